The number of hydrogen-bond acceptors (Lipinski definition) is 4. The molecule has 1 heterocycles. The lowest BCUT2D eigenvalue weighted by Crippen LogP contribution is -2.55. The number of halogens is 2. The number of alkyl halides is 2. The van der Waals surface area contributed by atoms with Crippen molar-refractivity contribution in [2.45, 2.75) is 58.2 Å². The van der Waals surface area contributed by atoms with Crippen LogP contribution in [0.3, 0.4) is 0 Å². The molecule has 1 saturated carbocycles. The molecule has 0 amide bonds. The van der Waals surface area contributed by atoms with E-state index in [1.54, 1.807) is 0 Å². The lowest BCUT2D eigenvalue weighted by Gasteiger charge is -2.46. The zero-order valence-corrected chi connectivity index (χ0v) is 12.4. The summed E-state index contributed by atoms with van der Waals surface area (Å²) >= 11 is 0. The van der Waals surface area contributed by atoms with Crippen LogP contribution in [0.4, 0.5) is 8.78 Å². The van der Waals surface area contributed by atoms with Crippen molar-refractivity contribution in [3.63, 3.8) is 0 Å². The highest BCUT2D eigenvalue weighted by Crippen LogP contribution is 2.48. The van der Waals surface area contributed by atoms with E-state index in [9.17, 15) is 13.6 Å². The first-order valence-electron chi connectivity index (χ1n) is 7.13. The van der Waals surface area contributed by atoms with Gasteiger partial charge in [-0.25, -0.2) is 0 Å². The topological polar surface area (TPSA) is 44.8 Å². The molecule has 0 radical (unpaired) electrons. The van der Waals surface area contributed by atoms with Crippen LogP contribution in [0.15, 0.2) is 0 Å². The average molecular weight is 294 g/mol. The molecule has 2 aliphatic rings. The summed E-state index contributed by atoms with van der Waals surface area (Å²) in [5.41, 5.74) is 0. The van der Waals surface area contributed by atoms with E-state index in [2.05, 4.69) is 14.2 Å². The number of methoxy groups -OCH3 is 1. The molecule has 1 aliphatic heterocycles. The van der Waals surface area contributed by atoms with Gasteiger partial charge in [0.25, 0.3) is 0 Å². The third-order valence-corrected chi connectivity index (χ3v) is 3.78. The second-order valence-corrected chi connectivity index (χ2v) is 5.29. The normalized spacial score (nSPS) is 28.2. The van der Waals surface area contributed by atoms with E-state index >= 15 is 0 Å². The Morgan fingerprint density at radius 1 is 1.40 bits per heavy atom. The van der Waals surface area contributed by atoms with E-state index in [4.69, 9.17) is 0 Å². The summed E-state index contributed by atoms with van der Waals surface area (Å²) in [7, 11) is 1.49. The van der Waals surface area contributed by atoms with E-state index in [1.807, 2.05) is 13.8 Å². The molecule has 1 aliphatic carbocycles. The van der Waals surface area contributed by atoms with Crippen LogP contribution >= 0.6 is 0 Å². The maximum absolute atomic E-state index is 12.5. The minimum atomic E-state index is -2.79. The zero-order chi connectivity index (χ0) is 15.2. The van der Waals surface area contributed by atoms with Crippen molar-refractivity contribution in [2.75, 3.05) is 13.9 Å². The van der Waals surface area contributed by atoms with E-state index < -0.39 is 12.0 Å². The summed E-state index contributed by atoms with van der Waals surface area (Å²) in [6.45, 7) is 3.83. The van der Waals surface area contributed by atoms with Crippen molar-refractivity contribution in [1.82, 2.24) is 0 Å². The molecule has 0 aromatic rings. The second-order valence-electron chi connectivity index (χ2n) is 5.29. The molecule has 0 N–H and O–H groups in total. The Morgan fingerprint density at radius 3 is 2.50 bits per heavy atom. The maximum atomic E-state index is 12.5. The van der Waals surface area contributed by atoms with Gasteiger partial charge in [-0.2, -0.15) is 8.78 Å². The summed E-state index contributed by atoms with van der Waals surface area (Å²) in [5, 5.41) is 0. The van der Waals surface area contributed by atoms with Crippen LogP contribution < -0.4 is 0 Å². The van der Waals surface area contributed by atoms with Gasteiger partial charge in [0.2, 0.25) is 0 Å². The van der Waals surface area contributed by atoms with Gasteiger partial charge in [-0.1, -0.05) is 26.7 Å². The SMILES string of the molecule is CCC(C)C(=O)OCOC.FC1(F)OC2CCCCC21. The van der Waals surface area contributed by atoms with Crippen LogP contribution in [-0.4, -0.2) is 32.1 Å². The highest BCUT2D eigenvalue weighted by molar-refractivity contribution is 5.71. The van der Waals surface area contributed by atoms with Gasteiger partial charge in [-0.05, 0) is 19.3 Å². The van der Waals surface area contributed by atoms with Gasteiger partial charge < -0.3 is 14.2 Å². The summed E-state index contributed by atoms with van der Waals surface area (Å²) in [6, 6.07) is 0. The van der Waals surface area contributed by atoms with Crippen molar-refractivity contribution in [2.24, 2.45) is 11.8 Å². The van der Waals surface area contributed by atoms with E-state index in [-0.39, 0.29) is 24.8 Å². The Hall–Kier alpha value is -0.750. The number of hydrogen-bond donors (Lipinski definition) is 0. The minimum absolute atomic E-state index is 0.0184. The van der Waals surface area contributed by atoms with Gasteiger partial charge in [0, 0.05) is 7.11 Å². The third-order valence-electron chi connectivity index (χ3n) is 3.78. The number of ether oxygens (including phenoxy) is 3. The van der Waals surface area contributed by atoms with Gasteiger partial charge in [0.05, 0.1) is 17.9 Å². The Morgan fingerprint density at radius 2 is 2.05 bits per heavy atom. The Labute approximate surface area is 118 Å². The molecule has 2 rings (SSSR count). The van der Waals surface area contributed by atoms with Gasteiger partial charge in [0.15, 0.2) is 6.79 Å². The first-order valence-corrected chi connectivity index (χ1v) is 7.13. The molecule has 3 atom stereocenters. The Bertz CT molecular complexity index is 310. The van der Waals surface area contributed by atoms with Crippen molar-refractivity contribution in [1.29, 1.82) is 0 Å². The van der Waals surface area contributed by atoms with Crippen molar-refractivity contribution in [3.05, 3.63) is 0 Å². The molecule has 118 valence electrons. The first kappa shape index (κ1) is 17.3. The summed E-state index contributed by atoms with van der Waals surface area (Å²) < 4.78 is 38.5. The molecular weight excluding hydrogens is 270 g/mol. The predicted octanol–water partition coefficient (Wildman–Crippen LogP) is 3.35. The second kappa shape index (κ2) is 7.88. The number of fused-ring (bicyclic) bond motifs is 1. The zero-order valence-electron chi connectivity index (χ0n) is 12.4. The van der Waals surface area contributed by atoms with Crippen LogP contribution in [0.5, 0.6) is 0 Å². The number of rotatable bonds is 4. The molecule has 2 fully saturated rings. The molecule has 20 heavy (non-hydrogen) atoms. The highest BCUT2D eigenvalue weighted by atomic mass is 19.3. The molecule has 6 heteroatoms. The summed E-state index contributed by atoms with van der Waals surface area (Å²) in [5.74, 6) is -0.666. The smallest absolute Gasteiger partial charge is 0.361 e. The Kier molecular flexibility index (Phi) is 6.82. The van der Waals surface area contributed by atoms with Crippen LogP contribution in [0.2, 0.25) is 0 Å². The largest absolute Gasteiger partial charge is 0.438 e. The van der Waals surface area contributed by atoms with E-state index in [0.29, 0.717) is 6.42 Å². The van der Waals surface area contributed by atoms with Gasteiger partial charge in [0.1, 0.15) is 0 Å². The number of carbonyl (C=O) groups is 1. The molecule has 3 unspecified atom stereocenters. The Balaban J connectivity index is 0.000000200. The third kappa shape index (κ3) is 4.66. The van der Waals surface area contributed by atoms with Gasteiger partial charge in [-0.15, -0.1) is 0 Å². The van der Waals surface area contributed by atoms with Crippen LogP contribution in [0, 0.1) is 11.8 Å². The molecule has 0 aromatic heterocycles. The highest BCUT2D eigenvalue weighted by Gasteiger charge is 2.57. The molecular formula is C14H24F2O4. The van der Waals surface area contributed by atoms with E-state index in [0.717, 1.165) is 25.7 Å². The van der Waals surface area contributed by atoms with Crippen molar-refractivity contribution in [3.8, 4) is 0 Å². The standard InChI is InChI=1S/C7H10F2O.C7H14O3/c8-7(9)5-3-1-2-4-6(5)10-7;1-4-6(2)7(8)10-5-9-3/h5-6H,1-4H2;6H,4-5H2,1-3H3. The van der Waals surface area contributed by atoms with Crippen LogP contribution in [0.25, 0.3) is 0 Å². The molecule has 0 bridgehead atoms. The van der Waals surface area contributed by atoms with Crippen LogP contribution in [-0.2, 0) is 19.0 Å². The quantitative estimate of drug-likeness (QED) is 0.589. The van der Waals surface area contributed by atoms with Crippen molar-refractivity contribution < 1.29 is 27.8 Å². The van der Waals surface area contributed by atoms with Crippen molar-refractivity contribution >= 4 is 5.97 Å². The predicted molar refractivity (Wildman–Crippen MR) is 69.2 cm³/mol. The van der Waals surface area contributed by atoms with Gasteiger partial charge in [-0.3, -0.25) is 4.79 Å². The number of esters is 1. The molecule has 0 aromatic carbocycles. The lowest BCUT2D eigenvalue weighted by molar-refractivity contribution is -0.401. The van der Waals surface area contributed by atoms with Crippen LogP contribution in [0.1, 0.15) is 46.0 Å². The maximum Gasteiger partial charge on any atom is 0.361 e. The van der Waals surface area contributed by atoms with E-state index in [1.165, 1.54) is 7.11 Å². The fourth-order valence-electron chi connectivity index (χ4n) is 2.27. The minimum Gasteiger partial charge on any atom is -0.438 e. The molecule has 4 nitrogen and oxygen atoms in total. The fourth-order valence-corrected chi connectivity index (χ4v) is 2.27. The first-order chi connectivity index (χ1) is 9.42. The fraction of sp³-hybridized carbons (Fsp3) is 0.929. The summed E-state index contributed by atoms with van der Waals surface area (Å²) in [4.78, 5) is 10.8. The lowest BCUT2D eigenvalue weighted by atomic mass is 9.81. The van der Waals surface area contributed by atoms with Gasteiger partial charge >= 0.3 is 12.1 Å². The summed E-state index contributed by atoms with van der Waals surface area (Å²) in [6.07, 6.45) is 1.38. The average Bonchev–Trinajstić information content (AvgIpc) is 2.43. The number of carbonyl (C=O) groups excluding carboxylic acids is 1. The molecule has 0 spiro atoms. The molecule has 1 saturated heterocycles. The monoisotopic (exact) mass is 294 g/mol.